The number of hydrogen-bond acceptors (Lipinski definition) is 2. The number of nitrogens with one attached hydrogen (secondary N) is 1. The molecule has 0 heterocycles. The van der Waals surface area contributed by atoms with Crippen molar-refractivity contribution in [1.29, 1.82) is 0 Å². The van der Waals surface area contributed by atoms with Crippen molar-refractivity contribution >= 4 is 26.0 Å². The van der Waals surface area contributed by atoms with E-state index < -0.39 is 10.0 Å². The molecule has 3 nitrogen and oxygen atoms in total. The number of rotatable bonds is 5. The summed E-state index contributed by atoms with van der Waals surface area (Å²) in [6.45, 7) is 6.18. The van der Waals surface area contributed by atoms with Gasteiger partial charge in [0.15, 0.2) is 0 Å². The van der Waals surface area contributed by atoms with Crippen molar-refractivity contribution in [3.8, 4) is 0 Å². The maximum Gasteiger partial charge on any atom is 0.240 e. The summed E-state index contributed by atoms with van der Waals surface area (Å²) in [5.74, 6) is 0. The summed E-state index contributed by atoms with van der Waals surface area (Å²) in [5, 5.41) is 0.779. The second-order valence-electron chi connectivity index (χ2n) is 6.80. The van der Waals surface area contributed by atoms with Gasteiger partial charge in [0.2, 0.25) is 10.0 Å². The van der Waals surface area contributed by atoms with E-state index in [1.165, 1.54) is 11.1 Å². The highest BCUT2D eigenvalue weighted by atomic mass is 79.9. The van der Waals surface area contributed by atoms with Gasteiger partial charge in [0, 0.05) is 11.4 Å². The number of alkyl halides is 1. The Kier molecular flexibility index (Phi) is 5.16. The van der Waals surface area contributed by atoms with Crippen LogP contribution in [0, 0.1) is 5.41 Å². The molecule has 0 radical (unpaired) electrons. The van der Waals surface area contributed by atoms with Crippen LogP contribution in [0.5, 0.6) is 0 Å². The van der Waals surface area contributed by atoms with E-state index in [2.05, 4.69) is 41.4 Å². The number of benzene rings is 1. The van der Waals surface area contributed by atoms with Crippen LogP contribution in [0.3, 0.4) is 0 Å². The highest BCUT2D eigenvalue weighted by molar-refractivity contribution is 9.09. The van der Waals surface area contributed by atoms with Crippen LogP contribution >= 0.6 is 15.9 Å². The molecule has 1 aliphatic carbocycles. The Morgan fingerprint density at radius 3 is 2.52 bits per heavy atom. The summed E-state index contributed by atoms with van der Waals surface area (Å²) in [5.41, 5.74) is 2.37. The van der Waals surface area contributed by atoms with Gasteiger partial charge in [-0.1, -0.05) is 42.8 Å². The van der Waals surface area contributed by atoms with E-state index in [0.717, 1.165) is 31.0 Å². The molecule has 2 rings (SSSR count). The molecule has 0 bridgehead atoms. The Balaban J connectivity index is 2.25. The van der Waals surface area contributed by atoms with Crippen molar-refractivity contribution in [2.75, 3.05) is 5.33 Å². The summed E-state index contributed by atoms with van der Waals surface area (Å²) < 4.78 is 28.2. The van der Waals surface area contributed by atoms with E-state index in [1.54, 1.807) is 6.07 Å². The second kappa shape index (κ2) is 6.39. The fourth-order valence-electron chi connectivity index (χ4n) is 2.75. The second-order valence-corrected chi connectivity index (χ2v) is 9.31. The predicted octanol–water partition coefficient (Wildman–Crippen LogP) is 3.65. The maximum absolute atomic E-state index is 12.6. The molecular weight excluding hydrogens is 350 g/mol. The van der Waals surface area contributed by atoms with Gasteiger partial charge in [-0.15, -0.1) is 0 Å². The van der Waals surface area contributed by atoms with E-state index in [1.807, 2.05) is 12.1 Å². The average Bonchev–Trinajstić information content (AvgIpc) is 2.84. The minimum atomic E-state index is -3.46. The fourth-order valence-corrected chi connectivity index (χ4v) is 4.73. The summed E-state index contributed by atoms with van der Waals surface area (Å²) in [6.07, 6.45) is 3.95. The van der Waals surface area contributed by atoms with E-state index in [4.69, 9.17) is 0 Å². The largest absolute Gasteiger partial charge is 0.240 e. The van der Waals surface area contributed by atoms with E-state index in [0.29, 0.717) is 4.90 Å². The lowest BCUT2D eigenvalue weighted by atomic mass is 9.86. The predicted molar refractivity (Wildman–Crippen MR) is 90.4 cm³/mol. The fraction of sp³-hybridized carbons (Fsp3) is 0.625. The van der Waals surface area contributed by atoms with Crippen LogP contribution < -0.4 is 4.72 Å². The molecule has 0 aromatic heterocycles. The molecule has 0 fully saturated rings. The van der Waals surface area contributed by atoms with Crippen molar-refractivity contribution in [2.45, 2.75) is 57.4 Å². The lowest BCUT2D eigenvalue weighted by Crippen LogP contribution is -2.43. The highest BCUT2D eigenvalue weighted by Crippen LogP contribution is 2.27. The number of sulfonamides is 1. The van der Waals surface area contributed by atoms with Crippen molar-refractivity contribution in [2.24, 2.45) is 5.41 Å². The van der Waals surface area contributed by atoms with Crippen LogP contribution in [0.15, 0.2) is 23.1 Å². The molecule has 5 heteroatoms. The number of fused-ring (bicyclic) bond motifs is 1. The maximum atomic E-state index is 12.6. The first kappa shape index (κ1) is 17.0. The summed E-state index contributed by atoms with van der Waals surface area (Å²) in [6, 6.07) is 5.46. The molecule has 0 aliphatic heterocycles. The third kappa shape index (κ3) is 4.08. The Labute approximate surface area is 136 Å². The molecule has 1 atom stereocenters. The molecule has 0 saturated carbocycles. The van der Waals surface area contributed by atoms with Gasteiger partial charge in [-0.3, -0.25) is 0 Å². The molecule has 0 saturated heterocycles. The smallest absolute Gasteiger partial charge is 0.208 e. The van der Waals surface area contributed by atoms with E-state index >= 15 is 0 Å². The highest BCUT2D eigenvalue weighted by Gasteiger charge is 2.29. The molecule has 0 amide bonds. The van der Waals surface area contributed by atoms with Crippen molar-refractivity contribution in [1.82, 2.24) is 4.72 Å². The number of aryl methyl sites for hydroxylation is 2. The zero-order valence-corrected chi connectivity index (χ0v) is 15.4. The SMILES string of the molecule is CC(C)(C)C(CCBr)NS(=O)(=O)c1ccc2c(c1)CCC2. The third-order valence-electron chi connectivity index (χ3n) is 4.12. The molecule has 21 heavy (non-hydrogen) atoms. The first-order valence-electron chi connectivity index (χ1n) is 7.44. The van der Waals surface area contributed by atoms with Crippen molar-refractivity contribution in [3.63, 3.8) is 0 Å². The first-order valence-corrected chi connectivity index (χ1v) is 10.0. The van der Waals surface area contributed by atoms with Gasteiger partial charge >= 0.3 is 0 Å². The lowest BCUT2D eigenvalue weighted by Gasteiger charge is -2.31. The van der Waals surface area contributed by atoms with Crippen molar-refractivity contribution in [3.05, 3.63) is 29.3 Å². The van der Waals surface area contributed by atoms with Crippen molar-refractivity contribution < 1.29 is 8.42 Å². The van der Waals surface area contributed by atoms with Crippen LogP contribution in [0.4, 0.5) is 0 Å². The van der Waals surface area contributed by atoms with Crippen LogP contribution in [0.1, 0.15) is 44.7 Å². The molecule has 1 unspecified atom stereocenters. The minimum Gasteiger partial charge on any atom is -0.208 e. The van der Waals surface area contributed by atoms with Gasteiger partial charge in [0.1, 0.15) is 0 Å². The number of hydrogen-bond donors (Lipinski definition) is 1. The van der Waals surface area contributed by atoms with Gasteiger partial charge in [-0.25, -0.2) is 13.1 Å². The Hall–Kier alpha value is -0.390. The summed E-state index contributed by atoms with van der Waals surface area (Å²) >= 11 is 3.41. The quantitative estimate of drug-likeness (QED) is 0.800. The van der Waals surface area contributed by atoms with E-state index in [-0.39, 0.29) is 11.5 Å². The van der Waals surface area contributed by atoms with Crippen LogP contribution in [-0.4, -0.2) is 19.8 Å². The average molecular weight is 374 g/mol. The normalized spacial score (nSPS) is 16.8. The molecule has 118 valence electrons. The first-order chi connectivity index (χ1) is 9.74. The molecule has 1 aromatic carbocycles. The molecule has 1 aliphatic rings. The topological polar surface area (TPSA) is 46.2 Å². The van der Waals surface area contributed by atoms with Crippen LogP contribution in [0.25, 0.3) is 0 Å². The molecule has 1 N–H and O–H groups in total. The van der Waals surface area contributed by atoms with Gasteiger partial charge in [0.25, 0.3) is 0 Å². The Morgan fingerprint density at radius 1 is 1.24 bits per heavy atom. The van der Waals surface area contributed by atoms with E-state index in [9.17, 15) is 8.42 Å². The Morgan fingerprint density at radius 2 is 1.90 bits per heavy atom. The Bertz CT molecular complexity index is 605. The zero-order chi connectivity index (χ0) is 15.7. The third-order valence-corrected chi connectivity index (χ3v) is 6.05. The van der Waals surface area contributed by atoms with Crippen LogP contribution in [0.2, 0.25) is 0 Å². The van der Waals surface area contributed by atoms with Gasteiger partial charge in [0.05, 0.1) is 4.90 Å². The zero-order valence-electron chi connectivity index (χ0n) is 12.9. The minimum absolute atomic E-state index is 0.0878. The lowest BCUT2D eigenvalue weighted by molar-refractivity contribution is 0.293. The van der Waals surface area contributed by atoms with Gasteiger partial charge in [-0.05, 0) is 54.4 Å². The molecule has 1 aromatic rings. The summed E-state index contributed by atoms with van der Waals surface area (Å²) in [4.78, 5) is 0.395. The van der Waals surface area contributed by atoms with Gasteiger partial charge < -0.3 is 0 Å². The number of halogens is 1. The molecule has 0 spiro atoms. The van der Waals surface area contributed by atoms with Crippen LogP contribution in [-0.2, 0) is 22.9 Å². The monoisotopic (exact) mass is 373 g/mol. The van der Waals surface area contributed by atoms with Gasteiger partial charge in [-0.2, -0.15) is 0 Å². The standard InChI is InChI=1S/C16H24BrNO2S/c1-16(2,3)15(9-10-17)18-21(19,20)14-8-7-12-5-4-6-13(12)11-14/h7-8,11,15,18H,4-6,9-10H2,1-3H3. The molecular formula is C16H24BrNO2S. The summed E-state index contributed by atoms with van der Waals surface area (Å²) in [7, 11) is -3.46.